The molecule has 0 N–H and O–H groups in total. The molecule has 0 heterocycles. The van der Waals surface area contributed by atoms with Crippen LogP contribution in [-0.4, -0.2) is 13.1 Å². The van der Waals surface area contributed by atoms with Crippen molar-refractivity contribution in [1.82, 2.24) is 0 Å². The van der Waals surface area contributed by atoms with E-state index in [2.05, 4.69) is 4.74 Å². The Morgan fingerprint density at radius 3 is 3.00 bits per heavy atom. The summed E-state index contributed by atoms with van der Waals surface area (Å²) in [6, 6.07) is 1.76. The van der Waals surface area contributed by atoms with Crippen LogP contribution in [0.3, 0.4) is 0 Å². The molecule has 0 aromatic heterocycles. The van der Waals surface area contributed by atoms with E-state index in [0.717, 1.165) is 0 Å². The molecule has 0 saturated heterocycles. The van der Waals surface area contributed by atoms with Gasteiger partial charge < -0.3 is 4.74 Å². The number of nitriles is 1. The van der Waals surface area contributed by atoms with Gasteiger partial charge in [0, 0.05) is 6.08 Å². The van der Waals surface area contributed by atoms with Crippen LogP contribution in [0, 0.1) is 11.3 Å². The van der Waals surface area contributed by atoms with Gasteiger partial charge in [-0.25, -0.2) is 0 Å². The predicted molar refractivity (Wildman–Crippen MR) is 31.4 cm³/mol. The van der Waals surface area contributed by atoms with E-state index in [0.29, 0.717) is 0 Å². The van der Waals surface area contributed by atoms with Gasteiger partial charge in [0.05, 0.1) is 19.6 Å². The number of methoxy groups -OCH3 is 1. The summed E-state index contributed by atoms with van der Waals surface area (Å²) >= 11 is 0. The Morgan fingerprint density at radius 1 is 1.89 bits per heavy atom. The number of hydrogen-bond donors (Lipinski definition) is 0. The molecule has 9 heavy (non-hydrogen) atoms. The van der Waals surface area contributed by atoms with Gasteiger partial charge >= 0.3 is 5.97 Å². The average molecular weight is 125 g/mol. The van der Waals surface area contributed by atoms with Gasteiger partial charge in [-0.15, -0.1) is 0 Å². The number of esters is 1. The van der Waals surface area contributed by atoms with Gasteiger partial charge in [-0.05, 0) is 0 Å². The highest BCUT2D eigenvalue weighted by molar-refractivity contribution is 5.70. The molecule has 0 aromatic rings. The first-order valence-electron chi connectivity index (χ1n) is 2.42. The lowest BCUT2D eigenvalue weighted by Gasteiger charge is -1.89. The van der Waals surface area contributed by atoms with E-state index in [1.165, 1.54) is 19.3 Å². The van der Waals surface area contributed by atoms with Crippen molar-refractivity contribution >= 4 is 5.97 Å². The molecule has 0 aliphatic heterocycles. The molecule has 0 aromatic carbocycles. The highest BCUT2D eigenvalue weighted by Gasteiger charge is 1.91. The van der Waals surface area contributed by atoms with Crippen LogP contribution in [0.25, 0.3) is 0 Å². The molecule has 0 aliphatic rings. The molecule has 0 bridgehead atoms. The van der Waals surface area contributed by atoms with Crippen molar-refractivity contribution in [2.24, 2.45) is 0 Å². The first-order valence-corrected chi connectivity index (χ1v) is 2.42. The normalized spacial score (nSPS) is 8.89. The summed E-state index contributed by atoms with van der Waals surface area (Å²) in [7, 11) is 1.31. The molecular formula is C6H7NO2. The second kappa shape index (κ2) is 4.85. The van der Waals surface area contributed by atoms with Crippen LogP contribution >= 0.6 is 0 Å². The van der Waals surface area contributed by atoms with Crippen molar-refractivity contribution in [3.8, 4) is 6.07 Å². The molecule has 48 valence electrons. The second-order valence-corrected chi connectivity index (χ2v) is 1.31. The van der Waals surface area contributed by atoms with Gasteiger partial charge in [-0.3, -0.25) is 4.79 Å². The van der Waals surface area contributed by atoms with E-state index in [9.17, 15) is 4.79 Å². The maximum absolute atomic E-state index is 10.3. The maximum atomic E-state index is 10.3. The summed E-state index contributed by atoms with van der Waals surface area (Å²) in [5, 5.41) is 7.96. The fraction of sp³-hybridized carbons (Fsp3) is 0.333. The molecule has 0 spiro atoms. The molecule has 0 rings (SSSR count). The zero-order chi connectivity index (χ0) is 7.11. The molecule has 3 heteroatoms. The van der Waals surface area contributed by atoms with Crippen molar-refractivity contribution in [2.45, 2.75) is 6.42 Å². The van der Waals surface area contributed by atoms with Crippen LogP contribution in [0.1, 0.15) is 6.42 Å². The molecule has 0 amide bonds. The highest BCUT2D eigenvalue weighted by atomic mass is 16.5. The predicted octanol–water partition coefficient (Wildman–Crippen LogP) is 0.629. The van der Waals surface area contributed by atoms with Crippen LogP contribution in [0.5, 0.6) is 0 Å². The fourth-order valence-corrected chi connectivity index (χ4v) is 0.291. The van der Waals surface area contributed by atoms with E-state index < -0.39 is 0 Å². The van der Waals surface area contributed by atoms with E-state index in [1.54, 1.807) is 6.07 Å². The van der Waals surface area contributed by atoms with Crippen LogP contribution in [-0.2, 0) is 9.53 Å². The van der Waals surface area contributed by atoms with Gasteiger partial charge in [-0.2, -0.15) is 5.26 Å². The summed E-state index contributed by atoms with van der Waals surface area (Å²) in [4.78, 5) is 10.3. The molecular weight excluding hydrogens is 118 g/mol. The lowest BCUT2D eigenvalue weighted by molar-refractivity contribution is -0.139. The number of allylic oxidation sites excluding steroid dienone is 1. The highest BCUT2D eigenvalue weighted by Crippen LogP contribution is 1.84. The van der Waals surface area contributed by atoms with E-state index in [4.69, 9.17) is 5.26 Å². The molecule has 3 nitrogen and oxygen atoms in total. The van der Waals surface area contributed by atoms with Gasteiger partial charge in [-0.1, -0.05) is 6.08 Å². The first-order chi connectivity index (χ1) is 4.31. The smallest absolute Gasteiger partial charge is 0.309 e. The topological polar surface area (TPSA) is 50.1 Å². The SMILES string of the molecule is COC(=O)CC=CC#N. The van der Waals surface area contributed by atoms with Crippen molar-refractivity contribution in [2.75, 3.05) is 7.11 Å². The summed E-state index contributed by atoms with van der Waals surface area (Å²) in [6.45, 7) is 0. The zero-order valence-electron chi connectivity index (χ0n) is 5.13. The number of carbonyl (C=O) groups excluding carboxylic acids is 1. The Labute approximate surface area is 53.5 Å². The van der Waals surface area contributed by atoms with Crippen LogP contribution < -0.4 is 0 Å². The summed E-state index contributed by atoms with van der Waals surface area (Å²) < 4.78 is 4.30. The molecule has 0 aliphatic carbocycles. The van der Waals surface area contributed by atoms with Crippen molar-refractivity contribution < 1.29 is 9.53 Å². The van der Waals surface area contributed by atoms with Gasteiger partial charge in [0.2, 0.25) is 0 Å². The maximum Gasteiger partial charge on any atom is 0.309 e. The van der Waals surface area contributed by atoms with Crippen LogP contribution in [0.15, 0.2) is 12.2 Å². The Balaban J connectivity index is 3.41. The van der Waals surface area contributed by atoms with E-state index in [1.807, 2.05) is 0 Å². The van der Waals surface area contributed by atoms with E-state index >= 15 is 0 Å². The second-order valence-electron chi connectivity index (χ2n) is 1.31. The summed E-state index contributed by atoms with van der Waals surface area (Å²) in [5.41, 5.74) is 0. The number of nitrogens with zero attached hydrogens (tertiary/aromatic N) is 1. The van der Waals surface area contributed by atoms with Crippen LogP contribution in [0.4, 0.5) is 0 Å². The molecule has 0 saturated carbocycles. The zero-order valence-corrected chi connectivity index (χ0v) is 5.13. The van der Waals surface area contributed by atoms with E-state index in [-0.39, 0.29) is 12.4 Å². The Morgan fingerprint density at radius 2 is 2.56 bits per heavy atom. The minimum absolute atomic E-state index is 0.171. The molecule has 0 radical (unpaired) electrons. The minimum atomic E-state index is -0.332. The minimum Gasteiger partial charge on any atom is -0.469 e. The average Bonchev–Trinajstić information content (AvgIpc) is 1.89. The third-order valence-electron chi connectivity index (χ3n) is 0.705. The van der Waals surface area contributed by atoms with Crippen molar-refractivity contribution in [1.29, 1.82) is 5.26 Å². The Hall–Kier alpha value is -1.30. The fourth-order valence-electron chi connectivity index (χ4n) is 0.291. The van der Waals surface area contributed by atoms with Gasteiger partial charge in [0.15, 0.2) is 0 Å². The van der Waals surface area contributed by atoms with Gasteiger partial charge in [0.1, 0.15) is 0 Å². The summed E-state index contributed by atoms with van der Waals surface area (Å²) in [6.07, 6.45) is 2.87. The quantitative estimate of drug-likeness (QED) is 0.401. The first kappa shape index (κ1) is 7.70. The largest absolute Gasteiger partial charge is 0.469 e. The third-order valence-corrected chi connectivity index (χ3v) is 0.705. The molecule has 0 atom stereocenters. The lowest BCUT2D eigenvalue weighted by atomic mass is 10.4. The number of carbonyl (C=O) groups is 1. The van der Waals surface area contributed by atoms with Crippen molar-refractivity contribution in [3.63, 3.8) is 0 Å². The molecule has 0 unspecified atom stereocenters. The van der Waals surface area contributed by atoms with Crippen molar-refractivity contribution in [3.05, 3.63) is 12.2 Å². The number of ether oxygens (including phenoxy) is 1. The monoisotopic (exact) mass is 125 g/mol. The third kappa shape index (κ3) is 4.56. The standard InChI is InChI=1S/C6H7NO2/c1-9-6(8)4-2-3-5-7/h2-3H,4H2,1H3. The molecule has 0 fully saturated rings. The summed E-state index contributed by atoms with van der Waals surface area (Å²) in [5.74, 6) is -0.332. The Kier molecular flexibility index (Phi) is 4.15. The number of rotatable bonds is 2. The lowest BCUT2D eigenvalue weighted by Crippen LogP contribution is -1.96. The van der Waals surface area contributed by atoms with Crippen LogP contribution in [0.2, 0.25) is 0 Å². The number of hydrogen-bond acceptors (Lipinski definition) is 3. The Bertz CT molecular complexity index is 155. The van der Waals surface area contributed by atoms with Gasteiger partial charge in [0.25, 0.3) is 0 Å².